The number of ketones is 1. The summed E-state index contributed by atoms with van der Waals surface area (Å²) in [5.41, 5.74) is 4.21. The molecule has 4 nitrogen and oxygen atoms in total. The van der Waals surface area contributed by atoms with Crippen molar-refractivity contribution in [1.29, 1.82) is 0 Å². The molecule has 2 fully saturated rings. The van der Waals surface area contributed by atoms with Gasteiger partial charge < -0.3 is 4.74 Å². The van der Waals surface area contributed by atoms with Crippen molar-refractivity contribution < 1.29 is 14.4 Å². The highest BCUT2D eigenvalue weighted by molar-refractivity contribution is 6.29. The van der Waals surface area contributed by atoms with Crippen molar-refractivity contribution in [3.05, 3.63) is 22.9 Å². The van der Waals surface area contributed by atoms with Gasteiger partial charge in [0, 0.05) is 22.7 Å². The zero-order chi connectivity index (χ0) is 16.0. The summed E-state index contributed by atoms with van der Waals surface area (Å²) in [6.07, 6.45) is 7.76. The third kappa shape index (κ3) is 4.58. The molecule has 0 bridgehead atoms. The Labute approximate surface area is 137 Å². The van der Waals surface area contributed by atoms with Crippen LogP contribution in [0.4, 0.5) is 0 Å². The number of carbonyl (C=O) groups excluding carboxylic acids is 1. The standard InChI is InChI=1S/C17H26ClNO3/c1-3-7-15(19-22-11-13(2)18)14-12-21-17(10-16(14)20)8-5-4-6-9-17/h19H,2-12H2,1H3. The molecule has 0 aromatic rings. The SMILES string of the molecule is C=C(Cl)CONC(CCC)=C1COC2(CCCCC2)CC1=O. The van der Waals surface area contributed by atoms with Crippen molar-refractivity contribution in [1.82, 2.24) is 5.48 Å². The number of hydrogen-bond acceptors (Lipinski definition) is 4. The van der Waals surface area contributed by atoms with Gasteiger partial charge in [0.25, 0.3) is 0 Å². The molecule has 1 heterocycles. The summed E-state index contributed by atoms with van der Waals surface area (Å²) >= 11 is 5.68. The number of carbonyl (C=O) groups is 1. The third-order valence-electron chi connectivity index (χ3n) is 4.40. The molecule has 1 aliphatic heterocycles. The van der Waals surface area contributed by atoms with Gasteiger partial charge in [0.05, 0.1) is 12.2 Å². The predicted octanol–water partition coefficient (Wildman–Crippen LogP) is 4.01. The van der Waals surface area contributed by atoms with Gasteiger partial charge in [0.15, 0.2) is 5.78 Å². The molecule has 124 valence electrons. The van der Waals surface area contributed by atoms with E-state index in [1.807, 2.05) is 0 Å². The van der Waals surface area contributed by atoms with E-state index in [9.17, 15) is 4.79 Å². The second kappa shape index (κ2) is 8.14. The van der Waals surface area contributed by atoms with Crippen molar-refractivity contribution in [3.8, 4) is 0 Å². The first kappa shape index (κ1) is 17.5. The van der Waals surface area contributed by atoms with Crippen LogP contribution in [0.25, 0.3) is 0 Å². The zero-order valence-electron chi connectivity index (χ0n) is 13.4. The van der Waals surface area contributed by atoms with Crippen LogP contribution in [-0.4, -0.2) is 24.6 Å². The molecular weight excluding hydrogens is 302 g/mol. The van der Waals surface area contributed by atoms with Crippen LogP contribution in [0.1, 0.15) is 58.3 Å². The molecule has 0 unspecified atom stereocenters. The lowest BCUT2D eigenvalue weighted by Crippen LogP contribution is -2.43. The quantitative estimate of drug-likeness (QED) is 0.591. The van der Waals surface area contributed by atoms with Crippen LogP contribution in [0.2, 0.25) is 0 Å². The van der Waals surface area contributed by atoms with E-state index in [1.54, 1.807) is 0 Å². The highest BCUT2D eigenvalue weighted by Gasteiger charge is 2.40. The van der Waals surface area contributed by atoms with E-state index in [0.29, 0.717) is 18.1 Å². The fourth-order valence-corrected chi connectivity index (χ4v) is 3.30. The number of Topliss-reactive ketones (excluding diaryl/α,β-unsaturated/α-hetero) is 1. The Bertz CT molecular complexity index is 453. The largest absolute Gasteiger partial charge is 0.370 e. The minimum Gasteiger partial charge on any atom is -0.370 e. The maximum Gasteiger partial charge on any atom is 0.165 e. The van der Waals surface area contributed by atoms with E-state index in [0.717, 1.165) is 49.8 Å². The average Bonchev–Trinajstić information content (AvgIpc) is 2.47. The molecule has 1 spiro atoms. The van der Waals surface area contributed by atoms with Crippen molar-refractivity contribution in [2.24, 2.45) is 0 Å². The van der Waals surface area contributed by atoms with Crippen LogP contribution < -0.4 is 5.48 Å². The summed E-state index contributed by atoms with van der Waals surface area (Å²) in [6.45, 7) is 6.23. The Kier molecular flexibility index (Phi) is 6.48. The molecule has 0 aromatic carbocycles. The zero-order valence-corrected chi connectivity index (χ0v) is 14.1. The van der Waals surface area contributed by atoms with E-state index in [1.165, 1.54) is 6.42 Å². The van der Waals surface area contributed by atoms with Crippen molar-refractivity contribution in [2.75, 3.05) is 13.2 Å². The maximum absolute atomic E-state index is 12.6. The molecule has 22 heavy (non-hydrogen) atoms. The normalized spacial score (nSPS) is 23.5. The highest BCUT2D eigenvalue weighted by Crippen LogP contribution is 2.39. The molecule has 0 atom stereocenters. The Morgan fingerprint density at radius 2 is 2.14 bits per heavy atom. The number of hydroxylamine groups is 1. The van der Waals surface area contributed by atoms with E-state index in [-0.39, 0.29) is 18.0 Å². The van der Waals surface area contributed by atoms with Gasteiger partial charge in [-0.1, -0.05) is 50.8 Å². The number of ether oxygens (including phenoxy) is 1. The van der Waals surface area contributed by atoms with Crippen molar-refractivity contribution >= 4 is 17.4 Å². The number of allylic oxidation sites excluding steroid dienone is 1. The first-order valence-electron chi connectivity index (χ1n) is 8.16. The molecule has 2 rings (SSSR count). The summed E-state index contributed by atoms with van der Waals surface area (Å²) in [6, 6.07) is 0. The summed E-state index contributed by atoms with van der Waals surface area (Å²) in [7, 11) is 0. The number of halogens is 1. The predicted molar refractivity (Wildman–Crippen MR) is 87.4 cm³/mol. The van der Waals surface area contributed by atoms with Crippen LogP contribution in [0.15, 0.2) is 22.9 Å². The minimum absolute atomic E-state index is 0.192. The molecular formula is C17H26ClNO3. The molecule has 1 N–H and O–H groups in total. The van der Waals surface area contributed by atoms with E-state index in [2.05, 4.69) is 19.0 Å². The van der Waals surface area contributed by atoms with Gasteiger partial charge in [-0.2, -0.15) is 0 Å². The smallest absolute Gasteiger partial charge is 0.165 e. The molecule has 1 saturated heterocycles. The van der Waals surface area contributed by atoms with Crippen molar-refractivity contribution in [3.63, 3.8) is 0 Å². The van der Waals surface area contributed by atoms with Crippen LogP contribution in [-0.2, 0) is 14.4 Å². The summed E-state index contributed by atoms with van der Waals surface area (Å²) in [4.78, 5) is 17.9. The molecule has 2 aliphatic rings. The molecule has 1 saturated carbocycles. The van der Waals surface area contributed by atoms with Gasteiger partial charge in [-0.05, 0) is 19.3 Å². The van der Waals surface area contributed by atoms with Gasteiger partial charge in [-0.15, -0.1) is 0 Å². The van der Waals surface area contributed by atoms with Gasteiger partial charge in [0.2, 0.25) is 0 Å². The van der Waals surface area contributed by atoms with E-state index in [4.69, 9.17) is 21.2 Å². The van der Waals surface area contributed by atoms with Crippen LogP contribution >= 0.6 is 11.6 Å². The Morgan fingerprint density at radius 3 is 2.73 bits per heavy atom. The number of rotatable bonds is 6. The van der Waals surface area contributed by atoms with Gasteiger partial charge >= 0.3 is 0 Å². The van der Waals surface area contributed by atoms with Crippen LogP contribution in [0.5, 0.6) is 0 Å². The first-order valence-corrected chi connectivity index (χ1v) is 8.54. The molecule has 1 aliphatic carbocycles. The lowest BCUT2D eigenvalue weighted by molar-refractivity contribution is -0.136. The van der Waals surface area contributed by atoms with Gasteiger partial charge in [0.1, 0.15) is 6.61 Å². The fourth-order valence-electron chi connectivity index (χ4n) is 3.24. The second-order valence-electron chi connectivity index (χ2n) is 6.25. The average molecular weight is 328 g/mol. The van der Waals surface area contributed by atoms with Crippen molar-refractivity contribution in [2.45, 2.75) is 63.9 Å². The monoisotopic (exact) mass is 327 g/mol. The van der Waals surface area contributed by atoms with E-state index >= 15 is 0 Å². The molecule has 0 aromatic heterocycles. The highest BCUT2D eigenvalue weighted by atomic mass is 35.5. The van der Waals surface area contributed by atoms with E-state index < -0.39 is 0 Å². The Morgan fingerprint density at radius 1 is 1.41 bits per heavy atom. The summed E-state index contributed by atoms with van der Waals surface area (Å²) < 4.78 is 6.13. The lowest BCUT2D eigenvalue weighted by Gasteiger charge is -2.40. The fraction of sp³-hybridized carbons (Fsp3) is 0.706. The Balaban J connectivity index is 2.03. The summed E-state index contributed by atoms with van der Waals surface area (Å²) in [5, 5.41) is 0.417. The van der Waals surface area contributed by atoms with Gasteiger partial charge in [-0.25, -0.2) is 0 Å². The number of nitrogens with one attached hydrogen (secondary N) is 1. The second-order valence-corrected chi connectivity index (χ2v) is 6.78. The van der Waals surface area contributed by atoms with Gasteiger partial charge in [-0.3, -0.25) is 15.1 Å². The molecule has 5 heteroatoms. The lowest BCUT2D eigenvalue weighted by atomic mass is 9.78. The Hall–Kier alpha value is -0.840. The third-order valence-corrected chi connectivity index (χ3v) is 4.50. The number of hydrogen-bond donors (Lipinski definition) is 1. The van der Waals surface area contributed by atoms with Crippen LogP contribution in [0, 0.1) is 0 Å². The first-order chi connectivity index (χ1) is 10.6. The van der Waals surface area contributed by atoms with Crippen LogP contribution in [0.3, 0.4) is 0 Å². The summed E-state index contributed by atoms with van der Waals surface area (Å²) in [5.74, 6) is 0.192. The maximum atomic E-state index is 12.6. The molecule has 0 radical (unpaired) electrons. The minimum atomic E-state index is -0.207. The molecule has 0 amide bonds. The topological polar surface area (TPSA) is 47.6 Å².